The minimum atomic E-state index is 0.948. The molecule has 1 aliphatic heterocycles. The monoisotopic (exact) mass is 145 g/mol. The third kappa shape index (κ3) is 1.16. The van der Waals surface area contributed by atoms with Gasteiger partial charge in [0.1, 0.15) is 0 Å². The van der Waals surface area contributed by atoms with Crippen molar-refractivity contribution in [2.24, 2.45) is 0 Å². The Morgan fingerprint density at radius 3 is 3.09 bits per heavy atom. The fraction of sp³-hybridized carbons (Fsp3) is 0.300. The lowest BCUT2D eigenvalue weighted by atomic mass is 9.97. The molecule has 1 aromatic rings. The van der Waals surface area contributed by atoms with Crippen molar-refractivity contribution in [3.05, 3.63) is 41.8 Å². The van der Waals surface area contributed by atoms with Crippen LogP contribution in [0.25, 0.3) is 0 Å². The molecule has 0 atom stereocenters. The quantitative estimate of drug-likeness (QED) is 0.581. The summed E-state index contributed by atoms with van der Waals surface area (Å²) in [4.78, 5) is 0. The summed E-state index contributed by atoms with van der Waals surface area (Å²) in [5, 5.41) is 3.31. The Kier molecular flexibility index (Phi) is 1.66. The van der Waals surface area contributed by atoms with Gasteiger partial charge < -0.3 is 5.32 Å². The molecule has 1 aliphatic rings. The summed E-state index contributed by atoms with van der Waals surface area (Å²) >= 11 is 0. The van der Waals surface area contributed by atoms with Gasteiger partial charge in [0.25, 0.3) is 0 Å². The third-order valence-electron chi connectivity index (χ3n) is 2.18. The molecule has 0 bridgehead atoms. The molecular formula is C10H11N. The average Bonchev–Trinajstić information content (AvgIpc) is 2.06. The first kappa shape index (κ1) is 6.86. The van der Waals surface area contributed by atoms with Crippen molar-refractivity contribution in [1.82, 2.24) is 5.32 Å². The molecule has 1 heteroatoms. The molecule has 1 N–H and O–H groups in total. The molecule has 0 amide bonds. The first-order chi connectivity index (χ1) is 5.38. The van der Waals surface area contributed by atoms with Crippen LogP contribution >= 0.6 is 0 Å². The normalized spacial score (nSPS) is 16.1. The molecule has 11 heavy (non-hydrogen) atoms. The zero-order valence-corrected chi connectivity index (χ0v) is 6.43. The van der Waals surface area contributed by atoms with Crippen molar-refractivity contribution >= 4 is 0 Å². The van der Waals surface area contributed by atoms with Gasteiger partial charge in [-0.15, -0.1) is 0 Å². The van der Waals surface area contributed by atoms with Crippen LogP contribution in [0.1, 0.15) is 16.7 Å². The second-order valence-corrected chi connectivity index (χ2v) is 2.91. The lowest BCUT2D eigenvalue weighted by Gasteiger charge is -2.18. The summed E-state index contributed by atoms with van der Waals surface area (Å²) in [6.07, 6.45) is 1.07. The van der Waals surface area contributed by atoms with Gasteiger partial charge in [-0.05, 0) is 36.6 Å². The Balaban J connectivity index is 2.49. The fourth-order valence-electron chi connectivity index (χ4n) is 1.56. The Labute approximate surface area is 67.4 Å². The molecule has 0 fully saturated rings. The van der Waals surface area contributed by atoms with Crippen molar-refractivity contribution < 1.29 is 0 Å². The Morgan fingerprint density at radius 2 is 2.27 bits per heavy atom. The topological polar surface area (TPSA) is 12.0 Å². The molecule has 0 unspecified atom stereocenters. The van der Waals surface area contributed by atoms with Crippen LogP contribution in [0.15, 0.2) is 18.2 Å². The smallest absolute Gasteiger partial charge is 0.0208 e. The average molecular weight is 145 g/mol. The first-order valence-electron chi connectivity index (χ1n) is 3.95. The van der Waals surface area contributed by atoms with Gasteiger partial charge in [0.2, 0.25) is 0 Å². The molecule has 0 saturated heterocycles. The van der Waals surface area contributed by atoms with Gasteiger partial charge in [0.15, 0.2) is 0 Å². The third-order valence-corrected chi connectivity index (χ3v) is 2.18. The van der Waals surface area contributed by atoms with Crippen LogP contribution in [-0.2, 0) is 13.0 Å². The number of fused-ring (bicyclic) bond motifs is 1. The molecule has 2 rings (SSSR count). The van der Waals surface area contributed by atoms with Crippen LogP contribution in [0, 0.1) is 6.92 Å². The van der Waals surface area contributed by atoms with E-state index in [1.165, 1.54) is 11.1 Å². The zero-order chi connectivity index (χ0) is 7.68. The fourth-order valence-corrected chi connectivity index (χ4v) is 1.56. The van der Waals surface area contributed by atoms with Crippen LogP contribution in [0.5, 0.6) is 0 Å². The Hall–Kier alpha value is -0.820. The maximum absolute atomic E-state index is 5.81. The zero-order valence-electron chi connectivity index (χ0n) is 6.43. The molecule has 56 valence electrons. The van der Waals surface area contributed by atoms with Gasteiger partial charge in [0.05, 0.1) is 0 Å². The maximum Gasteiger partial charge on any atom is 0.0208 e. The molecule has 0 saturated carbocycles. The predicted molar refractivity (Wildman–Crippen MR) is 45.3 cm³/mol. The number of nitrogens with one attached hydrogen (secondary N) is 1. The van der Waals surface area contributed by atoms with E-state index in [1.54, 1.807) is 0 Å². The number of hydrogen-bond acceptors (Lipinski definition) is 1. The van der Waals surface area contributed by atoms with Crippen molar-refractivity contribution in [2.45, 2.75) is 13.0 Å². The highest BCUT2D eigenvalue weighted by atomic mass is 14.9. The van der Waals surface area contributed by atoms with E-state index < -0.39 is 0 Å². The SMILES string of the molecule is [CH]c1cccc2c1CCNC2. The minimum Gasteiger partial charge on any atom is -0.312 e. The van der Waals surface area contributed by atoms with Crippen molar-refractivity contribution in [1.29, 1.82) is 0 Å². The van der Waals surface area contributed by atoms with Crippen LogP contribution in [0.2, 0.25) is 0 Å². The predicted octanol–water partition coefficient (Wildman–Crippen LogP) is 1.39. The molecule has 1 aromatic carbocycles. The number of hydrogen-bond donors (Lipinski definition) is 1. The van der Waals surface area contributed by atoms with Crippen molar-refractivity contribution in [3.8, 4) is 0 Å². The van der Waals surface area contributed by atoms with Gasteiger partial charge >= 0.3 is 0 Å². The Morgan fingerprint density at radius 1 is 1.36 bits per heavy atom. The summed E-state index contributed by atoms with van der Waals surface area (Å²) < 4.78 is 0. The summed E-state index contributed by atoms with van der Waals surface area (Å²) in [6, 6.07) is 6.13. The van der Waals surface area contributed by atoms with E-state index >= 15 is 0 Å². The molecule has 1 nitrogen and oxygen atoms in total. The molecule has 0 aliphatic carbocycles. The van der Waals surface area contributed by atoms with Gasteiger partial charge in [-0.3, -0.25) is 0 Å². The van der Waals surface area contributed by atoms with Crippen LogP contribution in [0.3, 0.4) is 0 Å². The molecule has 1 heterocycles. The van der Waals surface area contributed by atoms with Crippen LogP contribution in [0.4, 0.5) is 0 Å². The van der Waals surface area contributed by atoms with Gasteiger partial charge in [-0.2, -0.15) is 0 Å². The van der Waals surface area contributed by atoms with E-state index in [2.05, 4.69) is 11.4 Å². The summed E-state index contributed by atoms with van der Waals surface area (Å²) in [5.41, 5.74) is 3.64. The maximum atomic E-state index is 5.81. The molecule has 0 aromatic heterocycles. The largest absolute Gasteiger partial charge is 0.312 e. The standard InChI is InChI=1S/C10H11N/c1-8-3-2-4-9-7-11-6-5-10(8)9/h1-4,11H,5-7H2. The lowest BCUT2D eigenvalue weighted by Crippen LogP contribution is -2.24. The number of rotatable bonds is 0. The number of benzene rings is 1. The lowest BCUT2D eigenvalue weighted by molar-refractivity contribution is 0.642. The van der Waals surface area contributed by atoms with E-state index in [4.69, 9.17) is 6.92 Å². The summed E-state index contributed by atoms with van der Waals surface area (Å²) in [6.45, 7) is 7.84. The minimum absolute atomic E-state index is 0.948. The highest BCUT2D eigenvalue weighted by Crippen LogP contribution is 2.16. The first-order valence-corrected chi connectivity index (χ1v) is 3.95. The van der Waals surface area contributed by atoms with Gasteiger partial charge in [-0.25, -0.2) is 0 Å². The molecule has 2 radical (unpaired) electrons. The van der Waals surface area contributed by atoms with Gasteiger partial charge in [-0.1, -0.05) is 18.2 Å². The Bertz CT molecular complexity index is 266. The molecule has 0 spiro atoms. The summed E-state index contributed by atoms with van der Waals surface area (Å²) in [5.74, 6) is 0. The second-order valence-electron chi connectivity index (χ2n) is 2.91. The van der Waals surface area contributed by atoms with E-state index in [0.717, 1.165) is 25.1 Å². The van der Waals surface area contributed by atoms with Crippen molar-refractivity contribution in [3.63, 3.8) is 0 Å². The van der Waals surface area contributed by atoms with Crippen LogP contribution < -0.4 is 5.32 Å². The summed E-state index contributed by atoms with van der Waals surface area (Å²) in [7, 11) is 0. The van der Waals surface area contributed by atoms with Crippen LogP contribution in [-0.4, -0.2) is 6.54 Å². The second kappa shape index (κ2) is 2.67. The van der Waals surface area contributed by atoms with Crippen molar-refractivity contribution in [2.75, 3.05) is 6.54 Å². The highest BCUT2D eigenvalue weighted by molar-refractivity contribution is 5.38. The van der Waals surface area contributed by atoms with E-state index in [9.17, 15) is 0 Å². The van der Waals surface area contributed by atoms with E-state index in [-0.39, 0.29) is 0 Å². The molecular weight excluding hydrogens is 134 g/mol. The van der Waals surface area contributed by atoms with Gasteiger partial charge in [0, 0.05) is 6.54 Å². The highest BCUT2D eigenvalue weighted by Gasteiger charge is 2.08. The van der Waals surface area contributed by atoms with E-state index in [1.807, 2.05) is 12.1 Å². The van der Waals surface area contributed by atoms with E-state index in [0.29, 0.717) is 0 Å².